The van der Waals surface area contributed by atoms with E-state index in [9.17, 15) is 14.7 Å². The molecule has 0 saturated carbocycles. The topological polar surface area (TPSA) is 96.8 Å². The standard InChI is InChI=1S/C40H47N3O5Si/c1-28-36(23-16-29-14-17-31(18-15-29)43-40(46)34-12-8-9-13-35(34)41-43)48-37(39(28)49(3,4)33-21-19-32(47-2)20-22-33)26-38(45)42(24-25-44)27-30-10-6-5-7-11-30/h5-15,17-22,28,36-37,39,41,44H,16,23-27H2,1-4H3/t28-,36+,37-,39+/m1/s1. The van der Waals surface area contributed by atoms with Gasteiger partial charge >= 0.3 is 0 Å². The normalized spacial score (nSPS) is 19.3. The highest BCUT2D eigenvalue weighted by molar-refractivity contribution is 6.91. The van der Waals surface area contributed by atoms with E-state index in [1.807, 2.05) is 78.9 Å². The van der Waals surface area contributed by atoms with Gasteiger partial charge in [0.2, 0.25) is 5.91 Å². The predicted octanol–water partition coefficient (Wildman–Crippen LogP) is 6.06. The van der Waals surface area contributed by atoms with E-state index in [0.717, 1.165) is 35.4 Å². The second-order valence-corrected chi connectivity index (χ2v) is 18.5. The zero-order valence-corrected chi connectivity index (χ0v) is 29.8. The van der Waals surface area contributed by atoms with Gasteiger partial charge in [0.05, 0.1) is 57.0 Å². The first-order valence-corrected chi connectivity index (χ1v) is 20.3. The summed E-state index contributed by atoms with van der Waals surface area (Å²) >= 11 is 0. The van der Waals surface area contributed by atoms with Crippen molar-refractivity contribution in [1.29, 1.82) is 0 Å². The summed E-state index contributed by atoms with van der Waals surface area (Å²) in [4.78, 5) is 28.6. The van der Waals surface area contributed by atoms with Crippen LogP contribution in [0.25, 0.3) is 16.6 Å². The molecule has 0 aliphatic carbocycles. The van der Waals surface area contributed by atoms with Crippen molar-refractivity contribution in [3.8, 4) is 11.4 Å². The summed E-state index contributed by atoms with van der Waals surface area (Å²) in [5, 5.41) is 15.0. The predicted molar refractivity (Wildman–Crippen MR) is 197 cm³/mol. The lowest BCUT2D eigenvalue weighted by Gasteiger charge is -2.36. The quantitative estimate of drug-likeness (QED) is 0.148. The molecule has 1 aromatic heterocycles. The summed E-state index contributed by atoms with van der Waals surface area (Å²) in [6.07, 6.45) is 1.68. The van der Waals surface area contributed by atoms with E-state index in [4.69, 9.17) is 9.47 Å². The number of para-hydroxylation sites is 1. The molecule has 256 valence electrons. The fraction of sp³-hybridized carbons (Fsp3) is 0.350. The number of hydrogen-bond acceptors (Lipinski definition) is 5. The molecule has 49 heavy (non-hydrogen) atoms. The fourth-order valence-electron chi connectivity index (χ4n) is 7.72. The Morgan fingerprint density at radius 2 is 1.61 bits per heavy atom. The number of ether oxygens (including phenoxy) is 2. The number of fused-ring (bicyclic) bond motifs is 1. The van der Waals surface area contributed by atoms with Crippen LogP contribution in [0.3, 0.4) is 0 Å². The number of methoxy groups -OCH3 is 1. The monoisotopic (exact) mass is 677 g/mol. The van der Waals surface area contributed by atoms with Crippen molar-refractivity contribution < 1.29 is 19.4 Å². The fourth-order valence-corrected chi connectivity index (χ4v) is 11.8. The van der Waals surface area contributed by atoms with Crippen LogP contribution in [-0.2, 0) is 22.5 Å². The van der Waals surface area contributed by atoms with Gasteiger partial charge in [0.1, 0.15) is 5.75 Å². The maximum atomic E-state index is 13.9. The number of nitrogens with zero attached hydrogens (tertiary/aromatic N) is 2. The number of hydrogen-bond donors (Lipinski definition) is 2. The van der Waals surface area contributed by atoms with Crippen molar-refractivity contribution in [3.63, 3.8) is 0 Å². The molecule has 2 heterocycles. The summed E-state index contributed by atoms with van der Waals surface area (Å²) in [5.41, 5.74) is 3.96. The number of aryl methyl sites for hydroxylation is 1. The molecule has 1 fully saturated rings. The number of benzene rings is 4. The first-order chi connectivity index (χ1) is 23.7. The van der Waals surface area contributed by atoms with Gasteiger partial charge in [-0.05, 0) is 71.8 Å². The van der Waals surface area contributed by atoms with Crippen LogP contribution in [-0.4, -0.2) is 66.2 Å². The minimum Gasteiger partial charge on any atom is -0.497 e. The average Bonchev–Trinajstić information content (AvgIpc) is 3.63. The van der Waals surface area contributed by atoms with E-state index >= 15 is 0 Å². The van der Waals surface area contributed by atoms with Crippen LogP contribution in [0.4, 0.5) is 0 Å². The molecule has 4 aromatic carbocycles. The molecule has 9 heteroatoms. The lowest BCUT2D eigenvalue weighted by molar-refractivity contribution is -0.135. The minimum atomic E-state index is -2.15. The van der Waals surface area contributed by atoms with Crippen LogP contribution >= 0.6 is 0 Å². The van der Waals surface area contributed by atoms with Crippen LogP contribution in [0, 0.1) is 5.92 Å². The van der Waals surface area contributed by atoms with Gasteiger partial charge in [-0.3, -0.25) is 14.7 Å². The second kappa shape index (κ2) is 15.0. The highest BCUT2D eigenvalue weighted by atomic mass is 28.3. The van der Waals surface area contributed by atoms with Gasteiger partial charge in [-0.1, -0.05) is 91.9 Å². The van der Waals surface area contributed by atoms with Crippen LogP contribution in [0.15, 0.2) is 108 Å². The number of aliphatic hydroxyl groups excluding tert-OH is 1. The SMILES string of the molecule is COc1ccc([Si](C)(C)[C@H]2[C@H](C)[C@H](CCc3ccc(-n4[nH]c5ccccc5c4=O)cc3)O[C@@H]2CC(=O)N(CCO)Cc2ccccc2)cc1. The maximum absolute atomic E-state index is 13.9. The molecule has 0 bridgehead atoms. The molecule has 6 rings (SSSR count). The molecule has 1 saturated heterocycles. The van der Waals surface area contributed by atoms with Crippen molar-refractivity contribution in [1.82, 2.24) is 14.7 Å². The molecular formula is C40H47N3O5Si. The van der Waals surface area contributed by atoms with Crippen LogP contribution in [0.2, 0.25) is 18.6 Å². The zero-order valence-electron chi connectivity index (χ0n) is 28.8. The highest BCUT2D eigenvalue weighted by Crippen LogP contribution is 2.46. The number of H-pyrrole nitrogens is 1. The van der Waals surface area contributed by atoms with Gasteiger partial charge in [-0.25, -0.2) is 4.68 Å². The summed E-state index contributed by atoms with van der Waals surface area (Å²) in [5.74, 6) is 1.07. The third-order valence-electron chi connectivity index (χ3n) is 10.4. The van der Waals surface area contributed by atoms with Gasteiger partial charge in [-0.15, -0.1) is 0 Å². The van der Waals surface area contributed by atoms with E-state index in [1.165, 1.54) is 10.8 Å². The van der Waals surface area contributed by atoms with Gasteiger partial charge in [0.25, 0.3) is 5.56 Å². The van der Waals surface area contributed by atoms with Crippen molar-refractivity contribution >= 4 is 30.1 Å². The van der Waals surface area contributed by atoms with Crippen molar-refractivity contribution in [2.45, 2.75) is 63.6 Å². The van der Waals surface area contributed by atoms with Crippen molar-refractivity contribution in [2.24, 2.45) is 5.92 Å². The smallest absolute Gasteiger partial charge is 0.279 e. The first kappa shape index (κ1) is 34.4. The minimum absolute atomic E-state index is 0.00286. The Kier molecular flexibility index (Phi) is 10.5. The second-order valence-electron chi connectivity index (χ2n) is 13.8. The Bertz CT molecular complexity index is 1900. The Balaban J connectivity index is 1.20. The summed E-state index contributed by atoms with van der Waals surface area (Å²) in [7, 11) is -0.473. The lowest BCUT2D eigenvalue weighted by Crippen LogP contribution is -2.51. The van der Waals surface area contributed by atoms with Crippen molar-refractivity contribution in [2.75, 3.05) is 20.3 Å². The molecule has 4 atom stereocenters. The molecule has 0 spiro atoms. The Hall–Kier alpha value is -4.44. The van der Waals surface area contributed by atoms with Crippen LogP contribution in [0.5, 0.6) is 5.75 Å². The number of amides is 1. The number of nitrogens with one attached hydrogen (secondary N) is 1. The third-order valence-corrected chi connectivity index (χ3v) is 14.8. The largest absolute Gasteiger partial charge is 0.497 e. The molecule has 1 aliphatic rings. The zero-order chi connectivity index (χ0) is 34.5. The Labute approximate surface area is 289 Å². The van der Waals surface area contributed by atoms with Gasteiger partial charge in [-0.2, -0.15) is 0 Å². The molecule has 0 radical (unpaired) electrons. The third kappa shape index (κ3) is 7.44. The highest BCUT2D eigenvalue weighted by Gasteiger charge is 2.51. The molecule has 8 nitrogen and oxygen atoms in total. The number of aliphatic hydroxyl groups is 1. The molecule has 5 aromatic rings. The number of carbonyl (C=O) groups excluding carboxylic acids is 1. The van der Waals surface area contributed by atoms with E-state index in [1.54, 1.807) is 16.7 Å². The van der Waals surface area contributed by atoms with Crippen molar-refractivity contribution in [3.05, 3.63) is 125 Å². The number of carbonyl (C=O) groups is 1. The Morgan fingerprint density at radius 3 is 2.29 bits per heavy atom. The number of aromatic amines is 1. The summed E-state index contributed by atoms with van der Waals surface area (Å²) in [6.45, 7) is 7.71. The van der Waals surface area contributed by atoms with Crippen LogP contribution < -0.4 is 15.5 Å². The van der Waals surface area contributed by atoms with E-state index in [2.05, 4.69) is 49.4 Å². The molecule has 2 N–H and O–H groups in total. The summed E-state index contributed by atoms with van der Waals surface area (Å²) in [6, 6.07) is 34.0. The van der Waals surface area contributed by atoms with Gasteiger partial charge in [0, 0.05) is 13.1 Å². The number of rotatable bonds is 13. The van der Waals surface area contributed by atoms with Gasteiger partial charge in [0.15, 0.2) is 0 Å². The maximum Gasteiger partial charge on any atom is 0.279 e. The molecule has 0 unspecified atom stereocenters. The lowest BCUT2D eigenvalue weighted by atomic mass is 9.95. The average molecular weight is 678 g/mol. The van der Waals surface area contributed by atoms with Crippen LogP contribution in [0.1, 0.15) is 30.9 Å². The first-order valence-electron chi connectivity index (χ1n) is 17.2. The van der Waals surface area contributed by atoms with E-state index < -0.39 is 8.07 Å². The number of aromatic nitrogens is 2. The molecule has 1 amide bonds. The molecule has 1 aliphatic heterocycles. The summed E-state index contributed by atoms with van der Waals surface area (Å²) < 4.78 is 13.9. The van der Waals surface area contributed by atoms with Gasteiger partial charge < -0.3 is 19.5 Å². The van der Waals surface area contributed by atoms with E-state index in [0.29, 0.717) is 11.9 Å². The molecular weight excluding hydrogens is 631 g/mol. The van der Waals surface area contributed by atoms with E-state index in [-0.39, 0.29) is 54.7 Å². The Morgan fingerprint density at radius 1 is 0.918 bits per heavy atom.